The number of carbonyl (C=O) groups excluding carboxylic acids is 1. The van der Waals surface area contributed by atoms with Gasteiger partial charge >= 0.3 is 0 Å². The van der Waals surface area contributed by atoms with Crippen molar-refractivity contribution in [2.75, 3.05) is 13.6 Å². The lowest BCUT2D eigenvalue weighted by Gasteiger charge is -2.18. The molecular formula is C24H34N4O2. The van der Waals surface area contributed by atoms with Crippen molar-refractivity contribution in [3.63, 3.8) is 0 Å². The first-order valence-electron chi connectivity index (χ1n) is 10.5. The molecule has 0 heterocycles. The highest BCUT2D eigenvalue weighted by Gasteiger charge is 2.09. The Kier molecular flexibility index (Phi) is 9.19. The molecule has 1 atom stereocenters. The van der Waals surface area contributed by atoms with Crippen molar-refractivity contribution in [2.24, 2.45) is 4.99 Å². The molecule has 0 bridgehead atoms. The lowest BCUT2D eigenvalue weighted by Crippen LogP contribution is -2.36. The fraction of sp³-hybridized carbons (Fsp3) is 0.417. The largest absolute Gasteiger partial charge is 0.490 e. The van der Waals surface area contributed by atoms with E-state index in [2.05, 4.69) is 59.9 Å². The zero-order valence-electron chi connectivity index (χ0n) is 18.7. The zero-order valence-corrected chi connectivity index (χ0v) is 18.7. The molecule has 0 aliphatic rings. The minimum absolute atomic E-state index is 0.0528. The number of carbonyl (C=O) groups is 1. The molecule has 0 spiro atoms. The van der Waals surface area contributed by atoms with Gasteiger partial charge in [-0.15, -0.1) is 0 Å². The van der Waals surface area contributed by atoms with Gasteiger partial charge in [-0.2, -0.15) is 0 Å². The highest BCUT2D eigenvalue weighted by Crippen LogP contribution is 2.22. The highest BCUT2D eigenvalue weighted by molar-refractivity contribution is 5.94. The average Bonchev–Trinajstić information content (AvgIpc) is 2.75. The molecule has 30 heavy (non-hydrogen) atoms. The monoisotopic (exact) mass is 410 g/mol. The Morgan fingerprint density at radius 3 is 2.37 bits per heavy atom. The summed E-state index contributed by atoms with van der Waals surface area (Å²) < 4.78 is 6.09. The second kappa shape index (κ2) is 11.9. The maximum atomic E-state index is 11.9. The predicted octanol–water partition coefficient (Wildman–Crippen LogP) is 3.79. The number of rotatable bonds is 9. The minimum atomic E-state index is -0.0528. The van der Waals surface area contributed by atoms with E-state index in [-0.39, 0.29) is 12.0 Å². The smallest absolute Gasteiger partial charge is 0.251 e. The van der Waals surface area contributed by atoms with Crippen molar-refractivity contribution in [1.29, 1.82) is 0 Å². The van der Waals surface area contributed by atoms with Crippen molar-refractivity contribution in [2.45, 2.75) is 53.3 Å². The number of aliphatic imine (C=N–C) groups is 1. The minimum Gasteiger partial charge on any atom is -0.490 e. The Hall–Kier alpha value is -3.02. The van der Waals surface area contributed by atoms with Crippen molar-refractivity contribution >= 4 is 11.9 Å². The van der Waals surface area contributed by atoms with Gasteiger partial charge in [0, 0.05) is 37.8 Å². The van der Waals surface area contributed by atoms with Gasteiger partial charge in [-0.3, -0.25) is 9.79 Å². The van der Waals surface area contributed by atoms with Crippen molar-refractivity contribution in [3.05, 3.63) is 64.7 Å². The molecule has 0 saturated heterocycles. The third-order valence-corrected chi connectivity index (χ3v) is 4.81. The molecule has 2 rings (SSSR count). The predicted molar refractivity (Wildman–Crippen MR) is 123 cm³/mol. The van der Waals surface area contributed by atoms with Gasteiger partial charge in [-0.1, -0.05) is 31.2 Å². The van der Waals surface area contributed by atoms with E-state index >= 15 is 0 Å². The van der Waals surface area contributed by atoms with Crippen LogP contribution >= 0.6 is 0 Å². The number of hydrogen-bond acceptors (Lipinski definition) is 3. The molecule has 0 aliphatic carbocycles. The van der Waals surface area contributed by atoms with Gasteiger partial charge in [-0.25, -0.2) is 0 Å². The van der Waals surface area contributed by atoms with Gasteiger partial charge in [0.1, 0.15) is 5.75 Å². The maximum absolute atomic E-state index is 11.9. The summed E-state index contributed by atoms with van der Waals surface area (Å²) in [6.45, 7) is 10.0. The van der Waals surface area contributed by atoms with E-state index in [1.807, 2.05) is 31.2 Å². The molecule has 3 N–H and O–H groups in total. The van der Waals surface area contributed by atoms with E-state index in [1.165, 1.54) is 5.56 Å². The van der Waals surface area contributed by atoms with Crippen LogP contribution in [0.15, 0.2) is 47.5 Å². The van der Waals surface area contributed by atoms with Crippen LogP contribution in [0.5, 0.6) is 5.75 Å². The highest BCUT2D eigenvalue weighted by atomic mass is 16.5. The molecular weight excluding hydrogens is 376 g/mol. The van der Waals surface area contributed by atoms with Crippen molar-refractivity contribution in [1.82, 2.24) is 16.0 Å². The first-order chi connectivity index (χ1) is 14.5. The van der Waals surface area contributed by atoms with Crippen LogP contribution < -0.4 is 20.7 Å². The van der Waals surface area contributed by atoms with Gasteiger partial charge in [-0.05, 0) is 56.5 Å². The van der Waals surface area contributed by atoms with Crippen LogP contribution in [0.2, 0.25) is 0 Å². The van der Waals surface area contributed by atoms with Crippen LogP contribution in [0, 0.1) is 6.92 Å². The van der Waals surface area contributed by atoms with Crippen molar-refractivity contribution < 1.29 is 9.53 Å². The molecule has 1 unspecified atom stereocenters. The summed E-state index contributed by atoms with van der Waals surface area (Å²) >= 11 is 0. The van der Waals surface area contributed by atoms with E-state index in [9.17, 15) is 4.79 Å². The fourth-order valence-electron chi connectivity index (χ4n) is 2.84. The molecule has 6 heteroatoms. The first kappa shape index (κ1) is 23.3. The summed E-state index contributed by atoms with van der Waals surface area (Å²) in [5.74, 6) is 1.56. The Bertz CT molecular complexity index is 847. The quantitative estimate of drug-likeness (QED) is 0.434. The number of guanidine groups is 1. The Balaban J connectivity index is 1.93. The second-order valence-electron chi connectivity index (χ2n) is 7.28. The topological polar surface area (TPSA) is 74.8 Å². The Morgan fingerprint density at radius 2 is 1.73 bits per heavy atom. The summed E-state index contributed by atoms with van der Waals surface area (Å²) in [5.41, 5.74) is 4.00. The third-order valence-electron chi connectivity index (χ3n) is 4.81. The standard InChI is InChI=1S/C24H34N4O2/c1-6-18(4)30-22-14-17(3)8-11-21(22)16-28-24(25-5)27-15-19-9-12-20(13-10-19)23(29)26-7-2/h8-14,18H,6-7,15-16H2,1-5H3,(H,26,29)(H2,25,27,28). The molecule has 6 nitrogen and oxygen atoms in total. The molecule has 0 saturated carbocycles. The van der Waals surface area contributed by atoms with Gasteiger partial charge < -0.3 is 20.7 Å². The van der Waals surface area contributed by atoms with E-state index in [1.54, 1.807) is 7.05 Å². The number of nitrogens with one attached hydrogen (secondary N) is 3. The number of benzene rings is 2. The summed E-state index contributed by atoms with van der Waals surface area (Å²) in [6.07, 6.45) is 1.13. The molecule has 0 radical (unpaired) electrons. The van der Waals surface area contributed by atoms with E-state index in [0.717, 1.165) is 23.3 Å². The molecule has 0 aromatic heterocycles. The van der Waals surface area contributed by atoms with Crippen LogP contribution in [0.3, 0.4) is 0 Å². The SMILES string of the molecule is CCNC(=O)c1ccc(CNC(=NC)NCc2ccc(C)cc2OC(C)CC)cc1. The number of ether oxygens (including phenoxy) is 1. The van der Waals surface area contributed by atoms with Crippen LogP contribution in [0.25, 0.3) is 0 Å². The number of aryl methyl sites for hydroxylation is 1. The normalized spacial score (nSPS) is 12.2. The van der Waals surface area contributed by atoms with E-state index in [0.29, 0.717) is 31.2 Å². The molecule has 2 aromatic carbocycles. The van der Waals surface area contributed by atoms with E-state index in [4.69, 9.17) is 4.74 Å². The van der Waals surface area contributed by atoms with Crippen LogP contribution in [-0.2, 0) is 13.1 Å². The summed E-state index contributed by atoms with van der Waals surface area (Å²) in [6, 6.07) is 13.8. The summed E-state index contributed by atoms with van der Waals surface area (Å²) in [4.78, 5) is 16.2. The number of hydrogen-bond donors (Lipinski definition) is 3. The molecule has 0 aliphatic heterocycles. The number of amides is 1. The average molecular weight is 411 g/mol. The maximum Gasteiger partial charge on any atom is 0.251 e. The van der Waals surface area contributed by atoms with Crippen LogP contribution in [0.1, 0.15) is 54.2 Å². The zero-order chi connectivity index (χ0) is 21.9. The molecule has 1 amide bonds. The summed E-state index contributed by atoms with van der Waals surface area (Å²) in [5, 5.41) is 9.46. The van der Waals surface area contributed by atoms with Gasteiger partial charge in [0.2, 0.25) is 0 Å². The molecule has 162 valence electrons. The Morgan fingerprint density at radius 1 is 1.03 bits per heavy atom. The van der Waals surface area contributed by atoms with Gasteiger partial charge in [0.25, 0.3) is 5.91 Å². The van der Waals surface area contributed by atoms with Crippen LogP contribution in [-0.4, -0.2) is 31.6 Å². The fourth-order valence-corrected chi connectivity index (χ4v) is 2.84. The van der Waals surface area contributed by atoms with E-state index < -0.39 is 0 Å². The van der Waals surface area contributed by atoms with Gasteiger partial charge in [0.05, 0.1) is 6.10 Å². The second-order valence-corrected chi connectivity index (χ2v) is 7.28. The lowest BCUT2D eigenvalue weighted by molar-refractivity contribution is 0.0956. The molecule has 2 aromatic rings. The van der Waals surface area contributed by atoms with Gasteiger partial charge in [0.15, 0.2) is 5.96 Å². The number of nitrogens with zero attached hydrogens (tertiary/aromatic N) is 1. The Labute approximate surface area is 180 Å². The lowest BCUT2D eigenvalue weighted by atomic mass is 10.1. The molecule has 0 fully saturated rings. The first-order valence-corrected chi connectivity index (χ1v) is 10.5. The third kappa shape index (κ3) is 7.10. The van der Waals surface area contributed by atoms with Crippen LogP contribution in [0.4, 0.5) is 0 Å². The van der Waals surface area contributed by atoms with Crippen molar-refractivity contribution in [3.8, 4) is 5.75 Å². The summed E-state index contributed by atoms with van der Waals surface area (Å²) in [7, 11) is 1.75.